The summed E-state index contributed by atoms with van der Waals surface area (Å²) in [7, 11) is 0. The average Bonchev–Trinajstić information content (AvgIpc) is 2.82. The van der Waals surface area contributed by atoms with E-state index < -0.39 is 0 Å². The van der Waals surface area contributed by atoms with E-state index in [1.165, 1.54) is 43.2 Å². The minimum Gasteiger partial charge on any atom is -0.353 e. The number of amides is 1. The molecule has 3 nitrogen and oxygen atoms in total. The molecule has 0 radical (unpaired) electrons. The van der Waals surface area contributed by atoms with Crippen molar-refractivity contribution in [3.8, 4) is 0 Å². The molecule has 2 aliphatic rings. The lowest BCUT2D eigenvalue weighted by Gasteiger charge is -2.33. The van der Waals surface area contributed by atoms with E-state index in [1.54, 1.807) is 0 Å². The van der Waals surface area contributed by atoms with Crippen molar-refractivity contribution < 1.29 is 4.79 Å². The maximum Gasteiger partial charge on any atom is 0.220 e. The summed E-state index contributed by atoms with van der Waals surface area (Å²) in [6.07, 6.45) is 10.5. The summed E-state index contributed by atoms with van der Waals surface area (Å²) in [5.41, 5.74) is 2.80. The third kappa shape index (κ3) is 6.67. The zero-order chi connectivity index (χ0) is 21.3. The average molecular weight is 419 g/mol. The fraction of sp³-hybridized carbons (Fsp3) is 0.536. The van der Waals surface area contributed by atoms with Crippen LogP contribution in [0.15, 0.2) is 60.7 Å². The number of carbonyl (C=O) groups excluding carboxylic acids is 1. The fourth-order valence-corrected chi connectivity index (χ4v) is 5.45. The monoisotopic (exact) mass is 418 g/mol. The van der Waals surface area contributed by atoms with Gasteiger partial charge in [-0.15, -0.1) is 0 Å². The standard InChI is InChI=1S/C28H38N2O/c31-28(22-23-10-4-1-5-11-23)29-26-16-19-30(20-17-26)21-18-27(24-12-6-2-7-13-24)25-14-8-3-9-15-25/h2-3,6-9,12-15,23,26-27H,1,4-5,10-11,16-22H2,(H,29,31). The minimum absolute atomic E-state index is 0.290. The molecule has 3 heteroatoms. The van der Waals surface area contributed by atoms with E-state index in [4.69, 9.17) is 0 Å². The van der Waals surface area contributed by atoms with Gasteiger partial charge in [-0.2, -0.15) is 0 Å². The second kappa shape index (κ2) is 11.5. The molecule has 166 valence electrons. The number of hydrogen-bond donors (Lipinski definition) is 1. The molecule has 4 rings (SSSR count). The van der Waals surface area contributed by atoms with E-state index in [-0.39, 0.29) is 0 Å². The number of hydrogen-bond acceptors (Lipinski definition) is 2. The molecule has 1 aliphatic carbocycles. The first-order chi connectivity index (χ1) is 15.3. The van der Waals surface area contributed by atoms with E-state index >= 15 is 0 Å². The number of nitrogens with zero attached hydrogens (tertiary/aromatic N) is 1. The summed E-state index contributed by atoms with van der Waals surface area (Å²) in [6, 6.07) is 22.2. The number of benzene rings is 2. The van der Waals surface area contributed by atoms with Crippen molar-refractivity contribution in [3.63, 3.8) is 0 Å². The highest BCUT2D eigenvalue weighted by Crippen LogP contribution is 2.29. The van der Waals surface area contributed by atoms with Gasteiger partial charge in [0.15, 0.2) is 0 Å². The molecule has 1 saturated heterocycles. The molecule has 1 amide bonds. The van der Waals surface area contributed by atoms with Crippen LogP contribution in [0.3, 0.4) is 0 Å². The maximum absolute atomic E-state index is 12.5. The molecule has 0 unspecified atom stereocenters. The molecule has 31 heavy (non-hydrogen) atoms. The van der Waals surface area contributed by atoms with Crippen molar-refractivity contribution in [2.75, 3.05) is 19.6 Å². The van der Waals surface area contributed by atoms with Gasteiger partial charge in [-0.1, -0.05) is 79.9 Å². The Labute approximate surface area is 188 Å². The molecule has 1 saturated carbocycles. The molecule has 0 spiro atoms. The quantitative estimate of drug-likeness (QED) is 0.591. The van der Waals surface area contributed by atoms with Gasteiger partial charge < -0.3 is 10.2 Å². The topological polar surface area (TPSA) is 32.3 Å². The Balaban J connectivity index is 1.24. The molecule has 1 heterocycles. The van der Waals surface area contributed by atoms with Crippen LogP contribution in [0.4, 0.5) is 0 Å². The van der Waals surface area contributed by atoms with Gasteiger partial charge in [-0.25, -0.2) is 0 Å². The Morgan fingerprint density at radius 1 is 0.839 bits per heavy atom. The van der Waals surface area contributed by atoms with E-state index in [0.29, 0.717) is 23.8 Å². The summed E-state index contributed by atoms with van der Waals surface area (Å²) in [6.45, 7) is 3.28. The maximum atomic E-state index is 12.5. The van der Waals surface area contributed by atoms with Crippen LogP contribution in [0.2, 0.25) is 0 Å². The third-order valence-corrected chi connectivity index (χ3v) is 7.29. The summed E-state index contributed by atoms with van der Waals surface area (Å²) in [4.78, 5) is 15.1. The van der Waals surface area contributed by atoms with Gasteiger partial charge in [-0.05, 0) is 55.7 Å². The van der Waals surface area contributed by atoms with E-state index in [1.807, 2.05) is 0 Å². The van der Waals surface area contributed by atoms with E-state index in [9.17, 15) is 4.79 Å². The summed E-state index contributed by atoms with van der Waals surface area (Å²) >= 11 is 0. The Bertz CT molecular complexity index is 738. The van der Waals surface area contributed by atoms with Crippen LogP contribution in [-0.2, 0) is 4.79 Å². The molecular formula is C28H38N2O. The van der Waals surface area contributed by atoms with Crippen molar-refractivity contribution >= 4 is 5.91 Å². The van der Waals surface area contributed by atoms with Gasteiger partial charge in [0, 0.05) is 31.5 Å². The smallest absolute Gasteiger partial charge is 0.220 e. The largest absolute Gasteiger partial charge is 0.353 e. The summed E-state index contributed by atoms with van der Waals surface area (Å²) in [5, 5.41) is 3.34. The lowest BCUT2D eigenvalue weighted by Crippen LogP contribution is -2.45. The molecule has 2 fully saturated rings. The molecule has 0 bridgehead atoms. The SMILES string of the molecule is O=C(CC1CCCCC1)NC1CCN(CCC(c2ccccc2)c2ccccc2)CC1. The van der Waals surface area contributed by atoms with Crippen LogP contribution < -0.4 is 5.32 Å². The summed E-state index contributed by atoms with van der Waals surface area (Å²) < 4.78 is 0. The predicted octanol–water partition coefficient (Wildman–Crippen LogP) is 5.76. The molecule has 0 aromatic heterocycles. The van der Waals surface area contributed by atoms with Crippen molar-refractivity contribution in [1.29, 1.82) is 0 Å². The Hall–Kier alpha value is -2.13. The van der Waals surface area contributed by atoms with Gasteiger partial charge >= 0.3 is 0 Å². The Morgan fingerprint density at radius 3 is 2.00 bits per heavy atom. The number of likely N-dealkylation sites (tertiary alicyclic amines) is 1. The zero-order valence-electron chi connectivity index (χ0n) is 18.8. The second-order valence-electron chi connectivity index (χ2n) is 9.55. The van der Waals surface area contributed by atoms with Crippen LogP contribution in [0.5, 0.6) is 0 Å². The minimum atomic E-state index is 0.290. The highest BCUT2D eigenvalue weighted by molar-refractivity contribution is 5.76. The Kier molecular flexibility index (Phi) is 8.17. The molecule has 2 aromatic carbocycles. The van der Waals surface area contributed by atoms with E-state index in [2.05, 4.69) is 70.9 Å². The van der Waals surface area contributed by atoms with Gasteiger partial charge in [0.1, 0.15) is 0 Å². The third-order valence-electron chi connectivity index (χ3n) is 7.29. The number of piperidine rings is 1. The highest BCUT2D eigenvalue weighted by atomic mass is 16.1. The van der Waals surface area contributed by atoms with Crippen LogP contribution >= 0.6 is 0 Å². The van der Waals surface area contributed by atoms with Crippen LogP contribution in [0.25, 0.3) is 0 Å². The van der Waals surface area contributed by atoms with Gasteiger partial charge in [0.25, 0.3) is 0 Å². The molecular weight excluding hydrogens is 380 g/mol. The second-order valence-corrected chi connectivity index (χ2v) is 9.55. The van der Waals surface area contributed by atoms with Crippen molar-refractivity contribution in [3.05, 3.63) is 71.8 Å². The molecule has 0 atom stereocenters. The highest BCUT2D eigenvalue weighted by Gasteiger charge is 2.24. The molecule has 2 aromatic rings. The lowest BCUT2D eigenvalue weighted by atomic mass is 9.86. The first-order valence-electron chi connectivity index (χ1n) is 12.4. The number of rotatable bonds is 8. The van der Waals surface area contributed by atoms with E-state index in [0.717, 1.165) is 45.3 Å². The van der Waals surface area contributed by atoms with Gasteiger partial charge in [0.05, 0.1) is 0 Å². The fourth-order valence-electron chi connectivity index (χ4n) is 5.45. The van der Waals surface area contributed by atoms with Crippen LogP contribution in [-0.4, -0.2) is 36.5 Å². The normalized spacial score (nSPS) is 18.9. The van der Waals surface area contributed by atoms with Crippen LogP contribution in [0.1, 0.15) is 74.8 Å². The van der Waals surface area contributed by atoms with Crippen molar-refractivity contribution in [2.24, 2.45) is 5.92 Å². The Morgan fingerprint density at radius 2 is 1.42 bits per heavy atom. The zero-order valence-corrected chi connectivity index (χ0v) is 18.8. The molecule has 1 aliphatic heterocycles. The predicted molar refractivity (Wildman–Crippen MR) is 128 cm³/mol. The first-order valence-corrected chi connectivity index (χ1v) is 12.4. The molecule has 1 N–H and O–H groups in total. The van der Waals surface area contributed by atoms with Crippen LogP contribution in [0, 0.1) is 5.92 Å². The van der Waals surface area contributed by atoms with Crippen molar-refractivity contribution in [2.45, 2.75) is 69.7 Å². The van der Waals surface area contributed by atoms with Gasteiger partial charge in [0.2, 0.25) is 5.91 Å². The summed E-state index contributed by atoms with van der Waals surface area (Å²) in [5.74, 6) is 1.36. The first kappa shape index (κ1) is 22.1. The van der Waals surface area contributed by atoms with Crippen molar-refractivity contribution in [1.82, 2.24) is 10.2 Å². The lowest BCUT2D eigenvalue weighted by molar-refractivity contribution is -0.123. The number of nitrogens with one attached hydrogen (secondary N) is 1. The van der Waals surface area contributed by atoms with Gasteiger partial charge in [-0.3, -0.25) is 4.79 Å². The number of carbonyl (C=O) groups is 1.